The summed E-state index contributed by atoms with van der Waals surface area (Å²) in [5, 5.41) is 3.66. The summed E-state index contributed by atoms with van der Waals surface area (Å²) in [4.78, 5) is 4.08. The second kappa shape index (κ2) is 5.85. The van der Waals surface area contributed by atoms with E-state index in [0.29, 0.717) is 23.6 Å². The molecule has 2 heterocycles. The van der Waals surface area contributed by atoms with Gasteiger partial charge < -0.3 is 9.88 Å². The highest BCUT2D eigenvalue weighted by atomic mass is 32.2. The zero-order valence-corrected chi connectivity index (χ0v) is 13.4. The minimum Gasteiger partial charge on any atom is -0.336 e. The molecule has 6 heteroatoms. The molecule has 0 aromatic carbocycles. The average Bonchev–Trinajstić information content (AvgIpc) is 2.82. The van der Waals surface area contributed by atoms with Crippen LogP contribution in [0.25, 0.3) is 0 Å². The van der Waals surface area contributed by atoms with Gasteiger partial charge in [0.15, 0.2) is 0 Å². The molecule has 0 bridgehead atoms. The maximum Gasteiger partial charge on any atom is 0.150 e. The van der Waals surface area contributed by atoms with Crippen LogP contribution in [0.2, 0.25) is 0 Å². The monoisotopic (exact) mass is 299 g/mol. The van der Waals surface area contributed by atoms with E-state index in [1.54, 1.807) is 6.20 Å². The minimum atomic E-state index is -2.79. The van der Waals surface area contributed by atoms with Crippen molar-refractivity contribution in [3.05, 3.63) is 18.7 Å². The van der Waals surface area contributed by atoms with Crippen LogP contribution in [-0.2, 0) is 16.4 Å². The summed E-state index contributed by atoms with van der Waals surface area (Å²) in [6, 6.07) is 0.591. The maximum atomic E-state index is 11.5. The molecular weight excluding hydrogens is 274 g/mol. The van der Waals surface area contributed by atoms with E-state index in [0.717, 1.165) is 19.4 Å². The van der Waals surface area contributed by atoms with Gasteiger partial charge in [0.25, 0.3) is 0 Å². The Morgan fingerprint density at radius 2 is 2.00 bits per heavy atom. The number of aromatic nitrogens is 2. The smallest absolute Gasteiger partial charge is 0.150 e. The van der Waals surface area contributed by atoms with Crippen LogP contribution in [0, 0.1) is 5.41 Å². The molecule has 0 spiro atoms. The van der Waals surface area contributed by atoms with E-state index in [-0.39, 0.29) is 5.41 Å². The fraction of sp³-hybridized carbons (Fsp3) is 0.786. The van der Waals surface area contributed by atoms with Crippen molar-refractivity contribution in [3.8, 4) is 0 Å². The first-order valence-electron chi connectivity index (χ1n) is 7.18. The first kappa shape index (κ1) is 15.5. The number of nitrogens with one attached hydrogen (secondary N) is 1. The molecule has 1 aliphatic rings. The lowest BCUT2D eigenvalue weighted by Gasteiger charge is -2.36. The molecule has 1 unspecified atom stereocenters. The van der Waals surface area contributed by atoms with E-state index in [1.807, 2.05) is 12.5 Å². The lowest BCUT2D eigenvalue weighted by atomic mass is 9.85. The molecule has 1 atom stereocenters. The Kier molecular flexibility index (Phi) is 4.54. The summed E-state index contributed by atoms with van der Waals surface area (Å²) in [5.41, 5.74) is 0.112. The fourth-order valence-electron chi connectivity index (χ4n) is 2.52. The number of rotatable bonds is 4. The van der Waals surface area contributed by atoms with Crippen molar-refractivity contribution < 1.29 is 8.42 Å². The van der Waals surface area contributed by atoms with Gasteiger partial charge in [-0.15, -0.1) is 0 Å². The van der Waals surface area contributed by atoms with Gasteiger partial charge in [0.1, 0.15) is 9.84 Å². The van der Waals surface area contributed by atoms with Crippen LogP contribution in [0.5, 0.6) is 0 Å². The first-order chi connectivity index (χ1) is 9.26. The quantitative estimate of drug-likeness (QED) is 0.914. The Morgan fingerprint density at radius 3 is 2.50 bits per heavy atom. The molecule has 1 aromatic rings. The number of sulfone groups is 1. The highest BCUT2D eigenvalue weighted by Crippen LogP contribution is 2.23. The van der Waals surface area contributed by atoms with Gasteiger partial charge in [0.05, 0.1) is 17.8 Å². The van der Waals surface area contributed by atoms with Gasteiger partial charge in [0.2, 0.25) is 0 Å². The second-order valence-corrected chi connectivity index (χ2v) is 9.07. The minimum absolute atomic E-state index is 0.112. The summed E-state index contributed by atoms with van der Waals surface area (Å²) in [6.45, 7) is 7.48. The number of nitrogens with zero attached hydrogens (tertiary/aromatic N) is 2. The fourth-order valence-corrected chi connectivity index (χ4v) is 4.01. The summed E-state index contributed by atoms with van der Waals surface area (Å²) in [6.07, 6.45) is 7.02. The van der Waals surface area contributed by atoms with E-state index < -0.39 is 9.84 Å². The van der Waals surface area contributed by atoms with E-state index in [1.165, 1.54) is 0 Å². The Labute approximate surface area is 121 Å². The lowest BCUT2D eigenvalue weighted by molar-refractivity contribution is 0.216. The molecule has 1 saturated heterocycles. The molecule has 5 nitrogen and oxygen atoms in total. The number of hydrogen-bond donors (Lipinski definition) is 1. The molecule has 20 heavy (non-hydrogen) atoms. The summed E-state index contributed by atoms with van der Waals surface area (Å²) in [5.74, 6) is 0.624. The zero-order chi connectivity index (χ0) is 14.8. The topological polar surface area (TPSA) is 64.0 Å². The third-order valence-corrected chi connectivity index (χ3v) is 5.70. The SMILES string of the molecule is CC(C)(C)C(Cn1ccnc1)NC1CCS(=O)(=O)CC1. The van der Waals surface area contributed by atoms with Crippen LogP contribution >= 0.6 is 0 Å². The van der Waals surface area contributed by atoms with Gasteiger partial charge in [-0.2, -0.15) is 0 Å². The highest BCUT2D eigenvalue weighted by molar-refractivity contribution is 7.91. The van der Waals surface area contributed by atoms with E-state index in [2.05, 4.69) is 35.6 Å². The number of hydrogen-bond acceptors (Lipinski definition) is 4. The third-order valence-electron chi connectivity index (χ3n) is 3.99. The van der Waals surface area contributed by atoms with Gasteiger partial charge in [0, 0.05) is 31.0 Å². The largest absolute Gasteiger partial charge is 0.336 e. The van der Waals surface area contributed by atoms with Crippen LogP contribution in [0.4, 0.5) is 0 Å². The molecular formula is C14H25N3O2S. The van der Waals surface area contributed by atoms with E-state index >= 15 is 0 Å². The van der Waals surface area contributed by atoms with Crippen molar-refractivity contribution in [1.82, 2.24) is 14.9 Å². The van der Waals surface area contributed by atoms with Crippen molar-refractivity contribution in [1.29, 1.82) is 0 Å². The lowest BCUT2D eigenvalue weighted by Crippen LogP contribution is -2.50. The van der Waals surface area contributed by atoms with Crippen LogP contribution in [0.3, 0.4) is 0 Å². The van der Waals surface area contributed by atoms with Crippen LogP contribution in [-0.4, -0.2) is 41.6 Å². The van der Waals surface area contributed by atoms with Crippen LogP contribution in [0.1, 0.15) is 33.6 Å². The van der Waals surface area contributed by atoms with Crippen molar-refractivity contribution in [2.45, 2.75) is 52.2 Å². The van der Waals surface area contributed by atoms with Crippen molar-refractivity contribution in [2.75, 3.05) is 11.5 Å². The van der Waals surface area contributed by atoms with Crippen LogP contribution < -0.4 is 5.32 Å². The maximum absolute atomic E-state index is 11.5. The molecule has 2 rings (SSSR count). The van der Waals surface area contributed by atoms with Gasteiger partial charge in [-0.3, -0.25) is 0 Å². The van der Waals surface area contributed by atoms with Crippen molar-refractivity contribution in [2.24, 2.45) is 5.41 Å². The average molecular weight is 299 g/mol. The van der Waals surface area contributed by atoms with Gasteiger partial charge in [-0.05, 0) is 18.3 Å². The van der Waals surface area contributed by atoms with Crippen LogP contribution in [0.15, 0.2) is 18.7 Å². The molecule has 0 radical (unpaired) electrons. The van der Waals surface area contributed by atoms with E-state index in [9.17, 15) is 8.42 Å². The Hall–Kier alpha value is -0.880. The Morgan fingerprint density at radius 1 is 1.35 bits per heavy atom. The molecule has 1 aliphatic heterocycles. The third kappa shape index (κ3) is 4.31. The Bertz CT molecular complexity index is 503. The molecule has 0 amide bonds. The summed E-state index contributed by atoms with van der Waals surface area (Å²) < 4.78 is 25.1. The second-order valence-electron chi connectivity index (χ2n) is 6.77. The van der Waals surface area contributed by atoms with Gasteiger partial charge in [-0.1, -0.05) is 20.8 Å². The molecule has 0 saturated carbocycles. The van der Waals surface area contributed by atoms with E-state index in [4.69, 9.17) is 0 Å². The molecule has 1 fully saturated rings. The normalized spacial score (nSPS) is 21.8. The number of imidazole rings is 1. The zero-order valence-electron chi connectivity index (χ0n) is 12.5. The first-order valence-corrected chi connectivity index (χ1v) is 9.01. The van der Waals surface area contributed by atoms with Gasteiger partial charge in [-0.25, -0.2) is 13.4 Å². The van der Waals surface area contributed by atoms with Gasteiger partial charge >= 0.3 is 0 Å². The molecule has 1 aromatic heterocycles. The predicted molar refractivity (Wildman–Crippen MR) is 80.3 cm³/mol. The standard InChI is InChI=1S/C14H25N3O2S/c1-14(2,3)13(10-17-7-6-15-11-17)16-12-4-8-20(18,19)9-5-12/h6-7,11-13,16H,4-5,8-10H2,1-3H3. The highest BCUT2D eigenvalue weighted by Gasteiger charge is 2.30. The van der Waals surface area contributed by atoms with Crippen molar-refractivity contribution in [3.63, 3.8) is 0 Å². The molecule has 1 N–H and O–H groups in total. The predicted octanol–water partition coefficient (Wildman–Crippen LogP) is 1.46. The molecule has 114 valence electrons. The van der Waals surface area contributed by atoms with Crippen molar-refractivity contribution >= 4 is 9.84 Å². The molecule has 0 aliphatic carbocycles. The Balaban J connectivity index is 1.98. The summed E-state index contributed by atoms with van der Waals surface area (Å²) in [7, 11) is -2.79. The summed E-state index contributed by atoms with van der Waals surface area (Å²) >= 11 is 0.